The molecule has 11 nitrogen and oxygen atoms in total. The summed E-state index contributed by atoms with van der Waals surface area (Å²) >= 11 is 0. The largest absolute Gasteiger partial charge is 0.493 e. The maximum atomic E-state index is 12.4. The molecule has 0 atom stereocenters. The molecule has 0 saturated heterocycles. The summed E-state index contributed by atoms with van der Waals surface area (Å²) in [7, 11) is 1.44. The molecule has 0 saturated carbocycles. The molecule has 0 fully saturated rings. The van der Waals surface area contributed by atoms with E-state index in [1.54, 1.807) is 36.4 Å². The van der Waals surface area contributed by atoms with Gasteiger partial charge >= 0.3 is 11.7 Å². The van der Waals surface area contributed by atoms with Gasteiger partial charge in [0.25, 0.3) is 5.91 Å². The Labute approximate surface area is 195 Å². The number of amides is 1. The zero-order valence-corrected chi connectivity index (χ0v) is 19.1. The Morgan fingerprint density at radius 3 is 2.59 bits per heavy atom. The molecule has 1 amide bonds. The Morgan fingerprint density at radius 2 is 1.94 bits per heavy atom. The van der Waals surface area contributed by atoms with E-state index in [2.05, 4.69) is 15.6 Å². The number of nitrogens with one attached hydrogen (secondary N) is 1. The van der Waals surface area contributed by atoms with Crippen LogP contribution in [0.5, 0.6) is 11.5 Å². The van der Waals surface area contributed by atoms with Crippen LogP contribution < -0.4 is 14.9 Å². The average molecular weight is 465 g/mol. The summed E-state index contributed by atoms with van der Waals surface area (Å²) in [6.45, 7) is 4.68. The van der Waals surface area contributed by atoms with Gasteiger partial charge in [0.15, 0.2) is 11.5 Å². The molecule has 11 heteroatoms. The van der Waals surface area contributed by atoms with Gasteiger partial charge in [-0.25, -0.2) is 10.2 Å². The second-order valence-electron chi connectivity index (χ2n) is 7.40. The molecule has 0 spiro atoms. The van der Waals surface area contributed by atoms with Crippen molar-refractivity contribution >= 4 is 23.8 Å². The van der Waals surface area contributed by atoms with E-state index in [4.69, 9.17) is 9.47 Å². The lowest BCUT2D eigenvalue weighted by Crippen LogP contribution is -2.24. The average Bonchev–Trinajstić information content (AvgIpc) is 3.07. The molecule has 0 radical (unpaired) electrons. The first-order valence-corrected chi connectivity index (χ1v) is 10.2. The van der Waals surface area contributed by atoms with E-state index < -0.39 is 16.8 Å². The number of esters is 1. The second kappa shape index (κ2) is 10.4. The van der Waals surface area contributed by atoms with Crippen LogP contribution in [-0.4, -0.2) is 39.9 Å². The van der Waals surface area contributed by atoms with Crippen molar-refractivity contribution in [2.24, 2.45) is 5.10 Å². The molecule has 1 heterocycles. The number of hydrogen-bond donors (Lipinski definition) is 1. The number of aryl methyl sites for hydroxylation is 2. The van der Waals surface area contributed by atoms with Crippen molar-refractivity contribution in [3.63, 3.8) is 0 Å². The Balaban J connectivity index is 1.64. The minimum absolute atomic E-state index is 0.119. The SMILES string of the molecule is COc1cc(/C=N/NC(=O)Cn2nc(C)c([N+](=O)[O-])c2C)ccc1OC(=O)c1cccc(C)c1. The lowest BCUT2D eigenvalue weighted by molar-refractivity contribution is -0.386. The van der Waals surface area contributed by atoms with Crippen molar-refractivity contribution < 1.29 is 24.0 Å². The van der Waals surface area contributed by atoms with Gasteiger partial charge in [0.1, 0.15) is 17.9 Å². The summed E-state index contributed by atoms with van der Waals surface area (Å²) in [4.78, 5) is 35.1. The number of benzene rings is 2. The molecule has 176 valence electrons. The fraction of sp³-hybridized carbons (Fsp3) is 0.217. The number of hydrogen-bond acceptors (Lipinski definition) is 8. The van der Waals surface area contributed by atoms with Crippen LogP contribution >= 0.6 is 0 Å². The standard InChI is InChI=1S/C23H23N5O6/c1-14-6-5-7-18(10-14)23(30)34-19-9-8-17(11-20(19)33-4)12-24-25-21(29)13-27-16(3)22(28(31)32)15(2)26-27/h5-12H,13H2,1-4H3,(H,25,29)/b24-12+. The highest BCUT2D eigenvalue weighted by Crippen LogP contribution is 2.28. The Kier molecular flexibility index (Phi) is 7.36. The fourth-order valence-electron chi connectivity index (χ4n) is 3.24. The molecule has 2 aromatic carbocycles. The molecular formula is C23H23N5O6. The van der Waals surface area contributed by atoms with Crippen LogP contribution in [0.15, 0.2) is 47.6 Å². The summed E-state index contributed by atoms with van der Waals surface area (Å²) in [5.41, 5.74) is 4.68. The van der Waals surface area contributed by atoms with Gasteiger partial charge in [0.05, 0.1) is 23.8 Å². The van der Waals surface area contributed by atoms with Crippen LogP contribution in [0, 0.1) is 30.9 Å². The van der Waals surface area contributed by atoms with Crippen LogP contribution in [0.3, 0.4) is 0 Å². The van der Waals surface area contributed by atoms with Crippen LogP contribution in [0.4, 0.5) is 5.69 Å². The third-order valence-electron chi connectivity index (χ3n) is 4.87. The van der Waals surface area contributed by atoms with Crippen molar-refractivity contribution in [3.05, 3.63) is 80.7 Å². The highest BCUT2D eigenvalue weighted by molar-refractivity contribution is 5.92. The van der Waals surface area contributed by atoms with E-state index in [1.165, 1.54) is 31.9 Å². The second-order valence-corrected chi connectivity index (χ2v) is 7.40. The first kappa shape index (κ1) is 24.1. The van der Waals surface area contributed by atoms with E-state index in [-0.39, 0.29) is 29.4 Å². The van der Waals surface area contributed by atoms with Gasteiger partial charge in [-0.1, -0.05) is 17.7 Å². The third kappa shape index (κ3) is 5.63. The van der Waals surface area contributed by atoms with Gasteiger partial charge in [-0.2, -0.15) is 10.2 Å². The maximum absolute atomic E-state index is 12.4. The monoisotopic (exact) mass is 465 g/mol. The van der Waals surface area contributed by atoms with Gasteiger partial charge < -0.3 is 9.47 Å². The molecule has 1 aromatic heterocycles. The first-order valence-electron chi connectivity index (χ1n) is 10.2. The summed E-state index contributed by atoms with van der Waals surface area (Å²) in [5.74, 6) is -0.472. The number of rotatable bonds is 8. The van der Waals surface area contributed by atoms with Crippen LogP contribution in [0.2, 0.25) is 0 Å². The number of methoxy groups -OCH3 is 1. The van der Waals surface area contributed by atoms with Crippen molar-refractivity contribution in [1.82, 2.24) is 15.2 Å². The summed E-state index contributed by atoms with van der Waals surface area (Å²) in [6.07, 6.45) is 1.39. The van der Waals surface area contributed by atoms with Gasteiger partial charge in [-0.3, -0.25) is 19.6 Å². The van der Waals surface area contributed by atoms with Gasteiger partial charge in [0.2, 0.25) is 0 Å². The van der Waals surface area contributed by atoms with Crippen LogP contribution in [0.25, 0.3) is 0 Å². The topological polar surface area (TPSA) is 138 Å². The summed E-state index contributed by atoms with van der Waals surface area (Å²) < 4.78 is 12.0. The molecule has 0 aliphatic heterocycles. The van der Waals surface area contributed by atoms with Crippen molar-refractivity contribution in [1.29, 1.82) is 0 Å². The molecule has 0 aliphatic rings. The highest BCUT2D eigenvalue weighted by Gasteiger charge is 2.22. The molecular weight excluding hydrogens is 442 g/mol. The predicted octanol–water partition coefficient (Wildman–Crippen LogP) is 3.09. The lowest BCUT2D eigenvalue weighted by atomic mass is 10.1. The molecule has 3 rings (SSSR count). The van der Waals surface area contributed by atoms with Gasteiger partial charge in [0, 0.05) is 0 Å². The van der Waals surface area contributed by atoms with E-state index in [1.807, 2.05) is 13.0 Å². The zero-order valence-electron chi connectivity index (χ0n) is 19.1. The number of carbonyl (C=O) groups is 2. The minimum Gasteiger partial charge on any atom is -0.493 e. The first-order chi connectivity index (χ1) is 16.2. The Hall–Kier alpha value is -4.54. The molecule has 34 heavy (non-hydrogen) atoms. The minimum atomic E-state index is -0.528. The van der Waals surface area contributed by atoms with Crippen LogP contribution in [0.1, 0.15) is 32.9 Å². The fourth-order valence-corrected chi connectivity index (χ4v) is 3.24. The molecule has 1 N–H and O–H groups in total. The smallest absolute Gasteiger partial charge is 0.343 e. The molecule has 0 aliphatic carbocycles. The van der Waals surface area contributed by atoms with E-state index in [0.29, 0.717) is 16.9 Å². The lowest BCUT2D eigenvalue weighted by Gasteiger charge is -2.10. The summed E-state index contributed by atoms with van der Waals surface area (Å²) in [5, 5.41) is 19.0. The van der Waals surface area contributed by atoms with Gasteiger partial charge in [-0.05, 0) is 56.7 Å². The van der Waals surface area contributed by atoms with Crippen molar-refractivity contribution in [3.8, 4) is 11.5 Å². The molecule has 0 bridgehead atoms. The van der Waals surface area contributed by atoms with Crippen molar-refractivity contribution in [2.75, 3.05) is 7.11 Å². The number of nitrogens with zero attached hydrogens (tertiary/aromatic N) is 4. The quantitative estimate of drug-likeness (QED) is 0.177. The number of aromatic nitrogens is 2. The number of hydrazone groups is 1. The van der Waals surface area contributed by atoms with Crippen molar-refractivity contribution in [2.45, 2.75) is 27.3 Å². The van der Waals surface area contributed by atoms with E-state index >= 15 is 0 Å². The number of carbonyl (C=O) groups excluding carboxylic acids is 2. The van der Waals surface area contributed by atoms with Gasteiger partial charge in [-0.15, -0.1) is 0 Å². The van der Waals surface area contributed by atoms with Crippen LogP contribution in [-0.2, 0) is 11.3 Å². The number of ether oxygens (including phenoxy) is 2. The summed E-state index contributed by atoms with van der Waals surface area (Å²) in [6, 6.07) is 11.8. The van der Waals surface area contributed by atoms with E-state index in [0.717, 1.165) is 5.56 Å². The molecule has 3 aromatic rings. The highest BCUT2D eigenvalue weighted by atomic mass is 16.6. The van der Waals surface area contributed by atoms with E-state index in [9.17, 15) is 19.7 Å². The molecule has 0 unspecified atom stereocenters. The Morgan fingerprint density at radius 1 is 1.18 bits per heavy atom. The maximum Gasteiger partial charge on any atom is 0.343 e. The Bertz CT molecular complexity index is 1280. The zero-order chi connectivity index (χ0) is 24.8. The third-order valence-corrected chi connectivity index (χ3v) is 4.87. The number of nitro groups is 1. The normalized spacial score (nSPS) is 10.8. The predicted molar refractivity (Wildman–Crippen MR) is 123 cm³/mol.